The third-order valence-electron chi connectivity index (χ3n) is 7.23. The van der Waals surface area contributed by atoms with Crippen LogP contribution in [0.3, 0.4) is 0 Å². The SMILES string of the molecule is c1ccc(/C2=N/c3ccc(o3)/N=C(/c3ccccc3)C/C(c3ccccc3)=N\c3ccc(o3)/N=C(/c3ccccc3)C2)cc1. The topological polar surface area (TPSA) is 75.7 Å². The maximum atomic E-state index is 6.22. The number of hydrogen-bond donors (Lipinski definition) is 0. The summed E-state index contributed by atoms with van der Waals surface area (Å²) >= 11 is 0. The minimum absolute atomic E-state index is 0.442. The molecule has 0 saturated carbocycles. The van der Waals surface area contributed by atoms with Gasteiger partial charge >= 0.3 is 0 Å². The number of hydrogen-bond acceptors (Lipinski definition) is 6. The Morgan fingerprint density at radius 1 is 0.295 bits per heavy atom. The minimum Gasteiger partial charge on any atom is -0.421 e. The van der Waals surface area contributed by atoms with Crippen molar-refractivity contribution >= 4 is 46.4 Å². The Kier molecular flexibility index (Phi) is 7.70. The second-order valence-corrected chi connectivity index (χ2v) is 10.3. The fourth-order valence-corrected chi connectivity index (χ4v) is 5.07. The first-order valence-corrected chi connectivity index (χ1v) is 14.5. The average molecular weight is 573 g/mol. The largest absolute Gasteiger partial charge is 0.421 e. The number of rotatable bonds is 4. The first-order chi connectivity index (χ1) is 21.8. The fourth-order valence-electron chi connectivity index (χ4n) is 5.07. The first-order valence-electron chi connectivity index (χ1n) is 14.5. The molecular formula is C38H28N4O2. The predicted molar refractivity (Wildman–Crippen MR) is 177 cm³/mol. The van der Waals surface area contributed by atoms with Crippen molar-refractivity contribution in [3.05, 3.63) is 168 Å². The molecule has 0 unspecified atom stereocenters. The van der Waals surface area contributed by atoms with E-state index in [0.717, 1.165) is 45.1 Å². The molecule has 0 N–H and O–H groups in total. The molecule has 0 atom stereocenters. The molecule has 0 amide bonds. The van der Waals surface area contributed by atoms with Gasteiger partial charge < -0.3 is 8.83 Å². The summed E-state index contributed by atoms with van der Waals surface area (Å²) in [6.45, 7) is 0. The van der Waals surface area contributed by atoms with Crippen molar-refractivity contribution in [1.29, 1.82) is 0 Å². The summed E-state index contributed by atoms with van der Waals surface area (Å²) in [5.41, 5.74) is 7.13. The molecule has 44 heavy (non-hydrogen) atoms. The molecule has 4 bridgehead atoms. The van der Waals surface area contributed by atoms with Gasteiger partial charge in [-0.3, -0.25) is 0 Å². The van der Waals surface area contributed by atoms with Gasteiger partial charge in [-0.1, -0.05) is 121 Å². The van der Waals surface area contributed by atoms with Gasteiger partial charge in [-0.25, -0.2) is 20.0 Å². The molecule has 4 aromatic carbocycles. The molecule has 0 aliphatic carbocycles. The van der Waals surface area contributed by atoms with Gasteiger partial charge in [-0.2, -0.15) is 0 Å². The Labute approximate surface area is 255 Å². The number of aliphatic imine (C=N–C) groups is 4. The molecule has 7 rings (SSSR count). The molecule has 212 valence electrons. The molecule has 3 heterocycles. The van der Waals surface area contributed by atoms with Gasteiger partial charge in [0.25, 0.3) is 0 Å². The van der Waals surface area contributed by atoms with Gasteiger partial charge in [-0.15, -0.1) is 0 Å². The van der Waals surface area contributed by atoms with Crippen molar-refractivity contribution in [3.8, 4) is 0 Å². The standard InChI is InChI=1S/C38H28N4O2/c1-5-13-27(14-6-1)31-25-32(28-15-7-2-8-16-28)40-36-23-24-38(44-36)42-34(30-19-11-4-12-20-30)26-33(29-17-9-3-10-18-29)41-37-22-21-35(39-31)43-37/h1-24H,25-26H2/b39-31+,40-32+,41-33+,42-34+. The molecule has 6 aromatic rings. The maximum absolute atomic E-state index is 6.22. The van der Waals surface area contributed by atoms with E-state index in [1.165, 1.54) is 0 Å². The van der Waals surface area contributed by atoms with Crippen molar-refractivity contribution in [2.75, 3.05) is 0 Å². The normalized spacial score (nSPS) is 18.5. The van der Waals surface area contributed by atoms with Crippen LogP contribution in [0, 0.1) is 0 Å². The van der Waals surface area contributed by atoms with Crippen LogP contribution in [0.1, 0.15) is 35.1 Å². The lowest BCUT2D eigenvalue weighted by molar-refractivity contribution is 0.587. The van der Waals surface area contributed by atoms with E-state index < -0.39 is 0 Å². The third kappa shape index (κ3) is 6.30. The summed E-state index contributed by atoms with van der Waals surface area (Å²) in [6, 6.07) is 47.7. The second kappa shape index (κ2) is 12.5. The van der Waals surface area contributed by atoms with Crippen LogP contribution in [-0.2, 0) is 0 Å². The lowest BCUT2D eigenvalue weighted by Gasteiger charge is -2.11. The molecule has 6 nitrogen and oxygen atoms in total. The van der Waals surface area contributed by atoms with Crippen molar-refractivity contribution < 1.29 is 8.83 Å². The lowest BCUT2D eigenvalue weighted by Crippen LogP contribution is -2.11. The van der Waals surface area contributed by atoms with Gasteiger partial charge in [0.2, 0.25) is 23.5 Å². The van der Waals surface area contributed by atoms with E-state index in [0.29, 0.717) is 36.4 Å². The van der Waals surface area contributed by atoms with E-state index in [2.05, 4.69) is 0 Å². The molecule has 0 spiro atoms. The van der Waals surface area contributed by atoms with E-state index in [-0.39, 0.29) is 0 Å². The van der Waals surface area contributed by atoms with Crippen LogP contribution >= 0.6 is 0 Å². The highest BCUT2D eigenvalue weighted by Gasteiger charge is 2.17. The van der Waals surface area contributed by atoms with Gasteiger partial charge in [0.05, 0.1) is 22.8 Å². The molecule has 1 aliphatic rings. The minimum atomic E-state index is 0.442. The number of furan rings is 2. The quantitative estimate of drug-likeness (QED) is 0.211. The van der Waals surface area contributed by atoms with Gasteiger partial charge in [0, 0.05) is 37.1 Å². The van der Waals surface area contributed by atoms with Crippen LogP contribution in [0.5, 0.6) is 0 Å². The summed E-state index contributed by atoms with van der Waals surface area (Å²) in [7, 11) is 0. The van der Waals surface area contributed by atoms with Gasteiger partial charge in [-0.05, 0) is 22.3 Å². The lowest BCUT2D eigenvalue weighted by atomic mass is 10.00. The van der Waals surface area contributed by atoms with Gasteiger partial charge in [0.15, 0.2) is 0 Å². The Morgan fingerprint density at radius 2 is 0.523 bits per heavy atom. The van der Waals surface area contributed by atoms with Gasteiger partial charge in [0.1, 0.15) is 0 Å². The van der Waals surface area contributed by atoms with Crippen LogP contribution in [-0.4, -0.2) is 22.8 Å². The Balaban J connectivity index is 1.43. The summed E-state index contributed by atoms with van der Waals surface area (Å²) in [5.74, 6) is 1.86. The monoisotopic (exact) mass is 572 g/mol. The zero-order valence-electron chi connectivity index (χ0n) is 23.9. The number of fused-ring (bicyclic) bond motifs is 4. The van der Waals surface area contributed by atoms with E-state index in [9.17, 15) is 0 Å². The Hall–Kier alpha value is -5.88. The van der Waals surface area contributed by atoms with Crippen molar-refractivity contribution in [1.82, 2.24) is 0 Å². The van der Waals surface area contributed by atoms with Crippen LogP contribution < -0.4 is 0 Å². The zero-order chi connectivity index (χ0) is 29.6. The summed E-state index contributed by atoms with van der Waals surface area (Å²) in [5, 5.41) is 0. The molecule has 0 fully saturated rings. The van der Waals surface area contributed by atoms with Crippen molar-refractivity contribution in [2.45, 2.75) is 12.8 Å². The zero-order valence-corrected chi connectivity index (χ0v) is 23.9. The Morgan fingerprint density at radius 3 is 0.750 bits per heavy atom. The van der Waals surface area contributed by atoms with Crippen molar-refractivity contribution in [3.63, 3.8) is 0 Å². The smallest absolute Gasteiger partial charge is 0.221 e. The molecular weight excluding hydrogens is 544 g/mol. The average Bonchev–Trinajstić information content (AvgIpc) is 3.73. The second-order valence-electron chi connectivity index (χ2n) is 10.3. The third-order valence-corrected chi connectivity index (χ3v) is 7.23. The molecule has 1 aliphatic heterocycles. The van der Waals surface area contributed by atoms with Crippen LogP contribution in [0.2, 0.25) is 0 Å². The summed E-state index contributed by atoms with van der Waals surface area (Å²) in [6.07, 6.45) is 0.883. The molecule has 0 saturated heterocycles. The Bertz CT molecular complexity index is 1700. The number of benzene rings is 4. The number of nitrogens with zero attached hydrogens (tertiary/aromatic N) is 4. The highest BCUT2D eigenvalue weighted by Crippen LogP contribution is 2.30. The van der Waals surface area contributed by atoms with Crippen molar-refractivity contribution in [2.24, 2.45) is 20.0 Å². The molecule has 2 aromatic heterocycles. The molecule has 0 radical (unpaired) electrons. The van der Waals surface area contributed by atoms with Crippen LogP contribution in [0.15, 0.2) is 174 Å². The first kappa shape index (κ1) is 27.0. The van der Waals surface area contributed by atoms with Crippen LogP contribution in [0.4, 0.5) is 23.5 Å². The van der Waals surface area contributed by atoms with Crippen LogP contribution in [0.25, 0.3) is 0 Å². The predicted octanol–water partition coefficient (Wildman–Crippen LogP) is 9.85. The van der Waals surface area contributed by atoms with E-state index in [1.54, 1.807) is 0 Å². The van der Waals surface area contributed by atoms with E-state index in [4.69, 9.17) is 28.8 Å². The highest BCUT2D eigenvalue weighted by atomic mass is 16.4. The highest BCUT2D eigenvalue weighted by molar-refractivity contribution is 6.19. The van der Waals surface area contributed by atoms with E-state index >= 15 is 0 Å². The summed E-state index contributed by atoms with van der Waals surface area (Å²) in [4.78, 5) is 20.0. The van der Waals surface area contributed by atoms with E-state index in [1.807, 2.05) is 146 Å². The maximum Gasteiger partial charge on any atom is 0.221 e. The molecule has 6 heteroatoms. The fraction of sp³-hybridized carbons (Fsp3) is 0.0526. The summed E-state index contributed by atoms with van der Waals surface area (Å²) < 4.78 is 12.4.